The van der Waals surface area contributed by atoms with Gasteiger partial charge in [0.25, 0.3) is 17.7 Å². The lowest BCUT2D eigenvalue weighted by atomic mass is 10.0. The summed E-state index contributed by atoms with van der Waals surface area (Å²) in [7, 11) is 4.55. The fraction of sp³-hybridized carbons (Fsp3) is 0.280. The first kappa shape index (κ1) is 49.1. The van der Waals surface area contributed by atoms with E-state index >= 15 is 0 Å². The summed E-state index contributed by atoms with van der Waals surface area (Å²) in [6, 6.07) is 25.1. The van der Waals surface area contributed by atoms with Gasteiger partial charge in [-0.05, 0) is 71.8 Å². The molecule has 4 aromatic carbocycles. The number of nitrogens with one attached hydrogen (secondary N) is 2. The lowest BCUT2D eigenvalue weighted by Crippen LogP contribution is -2.37. The van der Waals surface area contributed by atoms with Gasteiger partial charge in [0.15, 0.2) is 11.4 Å². The molecule has 2 aliphatic heterocycles. The van der Waals surface area contributed by atoms with Crippen LogP contribution in [0.15, 0.2) is 84.9 Å². The van der Waals surface area contributed by atoms with Crippen LogP contribution in [0, 0.1) is 23.7 Å². The summed E-state index contributed by atoms with van der Waals surface area (Å²) in [4.78, 5) is 74.2. The van der Waals surface area contributed by atoms with Crippen LogP contribution in [0.3, 0.4) is 0 Å². The van der Waals surface area contributed by atoms with Crippen molar-refractivity contribution in [3.8, 4) is 35.1 Å². The van der Waals surface area contributed by atoms with E-state index < -0.39 is 34.9 Å². The van der Waals surface area contributed by atoms with Crippen molar-refractivity contribution in [1.82, 2.24) is 40.0 Å². The molecule has 0 spiro atoms. The molecule has 0 radical (unpaired) electrons. The smallest absolute Gasteiger partial charge is 0.359 e. The van der Waals surface area contributed by atoms with Crippen molar-refractivity contribution >= 4 is 57.3 Å². The fourth-order valence-electron chi connectivity index (χ4n) is 7.55. The monoisotopic (exact) mass is 921 g/mol. The van der Waals surface area contributed by atoms with E-state index in [0.717, 1.165) is 11.1 Å². The minimum absolute atomic E-state index is 0. The molecular weight excluding hydrogens is 871 g/mol. The normalized spacial score (nSPS) is 17.3. The highest BCUT2D eigenvalue weighted by Gasteiger charge is 2.43. The van der Waals surface area contributed by atoms with Gasteiger partial charge in [-0.15, -0.1) is 0 Å². The molecule has 5 amide bonds. The molecule has 350 valence electrons. The van der Waals surface area contributed by atoms with Crippen LogP contribution in [0.1, 0.15) is 77.3 Å². The van der Waals surface area contributed by atoms with Crippen molar-refractivity contribution in [2.24, 2.45) is 5.73 Å². The third-order valence-corrected chi connectivity index (χ3v) is 11.2. The number of amides is 5. The van der Waals surface area contributed by atoms with Gasteiger partial charge in [0, 0.05) is 88.9 Å². The van der Waals surface area contributed by atoms with Crippen LogP contribution in [-0.2, 0) is 37.0 Å². The van der Waals surface area contributed by atoms with Crippen LogP contribution in [0.4, 0.5) is 0 Å². The second kappa shape index (κ2) is 20.0. The van der Waals surface area contributed by atoms with Crippen LogP contribution in [0.2, 0.25) is 0 Å². The highest BCUT2D eigenvalue weighted by Crippen LogP contribution is 2.27. The molecule has 2 saturated heterocycles. The number of esters is 1. The number of ether oxygens (including phenoxy) is 1. The molecule has 6 N–H and O–H groups in total. The average Bonchev–Trinajstić information content (AvgIpc) is 4.04. The number of likely N-dealkylation sites (tertiary alicyclic amines) is 2. The quantitative estimate of drug-likeness (QED) is 0.110. The van der Waals surface area contributed by atoms with Gasteiger partial charge in [0.05, 0.1) is 29.5 Å². The summed E-state index contributed by atoms with van der Waals surface area (Å²) in [6.07, 6.45) is 0.504. The predicted molar refractivity (Wildman–Crippen MR) is 252 cm³/mol. The van der Waals surface area contributed by atoms with E-state index in [0.29, 0.717) is 70.5 Å². The molecule has 18 nitrogen and oxygen atoms in total. The van der Waals surface area contributed by atoms with Gasteiger partial charge in [-0.2, -0.15) is 10.2 Å². The highest BCUT2D eigenvalue weighted by atomic mass is 16.5. The van der Waals surface area contributed by atoms with E-state index in [4.69, 9.17) is 10.5 Å². The topological polar surface area (TPSA) is 244 Å². The molecule has 2 fully saturated rings. The predicted octanol–water partition coefficient (Wildman–Crippen LogP) is 2.73. The summed E-state index contributed by atoms with van der Waals surface area (Å²) >= 11 is 0. The summed E-state index contributed by atoms with van der Waals surface area (Å²) in [5.41, 5.74) is 7.82. The molecule has 18 heteroatoms. The first-order valence-corrected chi connectivity index (χ1v) is 21.0. The maximum atomic E-state index is 12.4. The fourth-order valence-corrected chi connectivity index (χ4v) is 7.55. The number of methoxy groups -OCH3 is 1. The van der Waals surface area contributed by atoms with Crippen LogP contribution < -0.4 is 16.4 Å². The Kier molecular flexibility index (Phi) is 14.5. The van der Waals surface area contributed by atoms with E-state index in [1.807, 2.05) is 24.3 Å². The van der Waals surface area contributed by atoms with Crippen molar-refractivity contribution in [2.45, 2.75) is 58.4 Å². The number of rotatable bonds is 8. The van der Waals surface area contributed by atoms with Gasteiger partial charge >= 0.3 is 5.97 Å². The summed E-state index contributed by atoms with van der Waals surface area (Å²) < 4.78 is 8.11. The standard InChI is InChI=1S/C25H24N4O5.C24H23N5O4.CH4/c1-16(30)26-15-18-7-8-21-20(14-18)22(23(31)34-3)27-29(21)19-6-4-5-17(13-19)9-10-25(33)11-12-28(2)24(25)32;1-15(30)26-14-17-6-7-20-19(13-17)21(22(25)31)27-29(20)18-5-3-4-16(12-18)8-9-24(33)10-11-28(2)23(24)32;/h4-8,13-14,33H,11-12,15H2,1-3H3,(H,26,30);3-7,12-13,33H,10-11,14H2,1-2H3,(H2,25,31)(H,26,30);1H4/t25-;24-;/m00./s1. The number of carbonyl (C=O) groups excluding carboxylic acids is 6. The van der Waals surface area contributed by atoms with E-state index in [1.165, 1.54) is 30.8 Å². The van der Waals surface area contributed by atoms with Crippen LogP contribution in [-0.4, -0.2) is 121 Å². The molecule has 0 bridgehead atoms. The number of hydrogen-bond acceptors (Lipinski definition) is 11. The molecular formula is C50H51N9O9. The maximum absolute atomic E-state index is 12.4. The van der Waals surface area contributed by atoms with Gasteiger partial charge in [0.1, 0.15) is 0 Å². The Morgan fingerprint density at radius 1 is 0.691 bits per heavy atom. The SMILES string of the molecule is C.CC(=O)NCc1ccc2c(c1)c(C(N)=O)nn2-c1cccc(C#C[C@]2(O)CCN(C)C2=O)c1.COC(=O)c1nn(-c2cccc(C#C[C@]3(O)CCN(C)C3=O)c2)c2ccc(CNC(C)=O)cc12. The molecule has 2 aliphatic rings. The highest BCUT2D eigenvalue weighted by molar-refractivity contribution is 6.05. The van der Waals surface area contributed by atoms with Gasteiger partial charge in [-0.25, -0.2) is 14.2 Å². The van der Waals surface area contributed by atoms with Crippen molar-refractivity contribution in [3.05, 3.63) is 119 Å². The first-order valence-electron chi connectivity index (χ1n) is 21.0. The lowest BCUT2D eigenvalue weighted by Gasteiger charge is -2.13. The molecule has 4 heterocycles. The Morgan fingerprint density at radius 2 is 1.12 bits per heavy atom. The zero-order valence-electron chi connectivity index (χ0n) is 37.3. The molecule has 8 rings (SSSR count). The van der Waals surface area contributed by atoms with Gasteiger partial charge < -0.3 is 41.1 Å². The number of carbonyl (C=O) groups is 6. The minimum Gasteiger partial charge on any atom is -0.464 e. The second-order valence-corrected chi connectivity index (χ2v) is 16.2. The molecule has 6 aromatic rings. The Bertz CT molecular complexity index is 3130. The number of likely N-dealkylation sites (N-methyl/N-ethyl adjacent to an activating group) is 2. The zero-order chi connectivity index (χ0) is 48.2. The van der Waals surface area contributed by atoms with Crippen LogP contribution in [0.5, 0.6) is 0 Å². The average molecular weight is 922 g/mol. The Balaban J connectivity index is 0.000000221. The summed E-state index contributed by atoms with van der Waals surface area (Å²) in [5.74, 6) is 8.80. The number of primary amides is 1. The largest absolute Gasteiger partial charge is 0.464 e. The minimum atomic E-state index is -1.69. The molecule has 0 saturated carbocycles. The Morgan fingerprint density at radius 3 is 1.50 bits per heavy atom. The zero-order valence-corrected chi connectivity index (χ0v) is 37.3. The van der Waals surface area contributed by atoms with Crippen molar-refractivity contribution in [3.63, 3.8) is 0 Å². The van der Waals surface area contributed by atoms with E-state index in [-0.39, 0.29) is 43.5 Å². The summed E-state index contributed by atoms with van der Waals surface area (Å²) in [6.45, 7) is 4.40. The van der Waals surface area contributed by atoms with Gasteiger partial charge in [0.2, 0.25) is 23.0 Å². The summed E-state index contributed by atoms with van der Waals surface area (Å²) in [5, 5.41) is 36.6. The third kappa shape index (κ3) is 10.4. The number of aliphatic hydroxyl groups is 2. The second-order valence-electron chi connectivity index (χ2n) is 16.2. The van der Waals surface area contributed by atoms with E-state index in [9.17, 15) is 39.0 Å². The molecule has 2 atom stereocenters. The number of fused-ring (bicyclic) bond motifs is 2. The van der Waals surface area contributed by atoms with E-state index in [1.54, 1.807) is 84.1 Å². The van der Waals surface area contributed by atoms with Crippen molar-refractivity contribution < 1.29 is 43.7 Å². The molecule has 68 heavy (non-hydrogen) atoms. The number of benzene rings is 4. The van der Waals surface area contributed by atoms with Crippen molar-refractivity contribution in [2.75, 3.05) is 34.3 Å². The van der Waals surface area contributed by atoms with Gasteiger partial charge in [-0.3, -0.25) is 24.0 Å². The van der Waals surface area contributed by atoms with Crippen molar-refractivity contribution in [1.29, 1.82) is 0 Å². The Hall–Kier alpha value is -8.32. The Labute approximate surface area is 392 Å². The van der Waals surface area contributed by atoms with Crippen LogP contribution in [0.25, 0.3) is 33.2 Å². The van der Waals surface area contributed by atoms with E-state index in [2.05, 4.69) is 44.5 Å². The number of nitrogens with two attached hydrogens (primary N) is 1. The molecule has 0 unspecified atom stereocenters. The lowest BCUT2D eigenvalue weighted by molar-refractivity contribution is -0.138. The molecule has 0 aliphatic carbocycles. The van der Waals surface area contributed by atoms with Crippen LogP contribution >= 0.6 is 0 Å². The number of hydrogen-bond donors (Lipinski definition) is 5. The molecule has 2 aromatic heterocycles. The first-order chi connectivity index (χ1) is 31.9. The maximum Gasteiger partial charge on any atom is 0.359 e. The number of aromatic nitrogens is 4. The third-order valence-electron chi connectivity index (χ3n) is 11.2. The van der Waals surface area contributed by atoms with Gasteiger partial charge in [-0.1, -0.05) is 55.4 Å². The number of nitrogens with zero attached hydrogens (tertiary/aromatic N) is 6.